The van der Waals surface area contributed by atoms with E-state index in [1.807, 2.05) is 45.9 Å². The lowest BCUT2D eigenvalue weighted by atomic mass is 9.81. The Hall–Kier alpha value is -3.25. The van der Waals surface area contributed by atoms with Crippen molar-refractivity contribution in [2.75, 3.05) is 6.61 Å². The number of benzene rings is 2. The Kier molecular flexibility index (Phi) is 4.85. The highest BCUT2D eigenvalue weighted by molar-refractivity contribution is 6.07. The molecule has 0 fully saturated rings. The van der Waals surface area contributed by atoms with Crippen LogP contribution in [0.1, 0.15) is 54.7 Å². The van der Waals surface area contributed by atoms with Crippen LogP contribution in [0.2, 0.25) is 0 Å². The topological polar surface area (TPSA) is 96.2 Å². The highest BCUT2D eigenvalue weighted by Gasteiger charge is 2.47. The summed E-state index contributed by atoms with van der Waals surface area (Å²) in [5.41, 5.74) is 0.221. The van der Waals surface area contributed by atoms with Crippen LogP contribution in [-0.2, 0) is 12.0 Å². The van der Waals surface area contributed by atoms with Crippen molar-refractivity contribution in [3.05, 3.63) is 64.2 Å². The molecule has 0 aromatic heterocycles. The summed E-state index contributed by atoms with van der Waals surface area (Å²) >= 11 is 0. The standard InChI is InChI=1S/C25H26O6/c1-14(2)5-7-17-21-15(9-10-24(3,4)31-21)11-18-22(17)30-13-25(29,23(18)28)19-8-6-16(26)12-20(19)27/h5-6,8-12,26-27,29H,7,13H2,1-4H3/t25-/m1/s1. The Bertz CT molecular complexity index is 1140. The van der Waals surface area contributed by atoms with Crippen molar-refractivity contribution in [1.82, 2.24) is 0 Å². The molecule has 0 amide bonds. The van der Waals surface area contributed by atoms with Crippen LogP contribution in [0.4, 0.5) is 0 Å². The first-order valence-electron chi connectivity index (χ1n) is 10.2. The van der Waals surface area contributed by atoms with Gasteiger partial charge in [0.05, 0.1) is 5.56 Å². The van der Waals surface area contributed by atoms with E-state index in [-0.39, 0.29) is 29.2 Å². The number of carbonyl (C=O) groups excluding carboxylic acids is 1. The number of Topliss-reactive ketones (excluding diaryl/α,β-unsaturated/α-hetero) is 1. The molecule has 2 aliphatic rings. The van der Waals surface area contributed by atoms with Gasteiger partial charge >= 0.3 is 0 Å². The molecule has 0 saturated heterocycles. The average molecular weight is 422 g/mol. The second kappa shape index (κ2) is 7.17. The summed E-state index contributed by atoms with van der Waals surface area (Å²) < 4.78 is 12.2. The zero-order chi connectivity index (χ0) is 22.6. The lowest BCUT2D eigenvalue weighted by Gasteiger charge is -2.36. The minimum absolute atomic E-state index is 0.0163. The zero-order valence-electron chi connectivity index (χ0n) is 18.0. The number of hydrogen-bond donors (Lipinski definition) is 3. The average Bonchev–Trinajstić information content (AvgIpc) is 2.68. The summed E-state index contributed by atoms with van der Waals surface area (Å²) in [5, 5.41) is 31.1. The third-order valence-electron chi connectivity index (χ3n) is 5.57. The van der Waals surface area contributed by atoms with Gasteiger partial charge in [0.2, 0.25) is 5.78 Å². The molecule has 1 atom stereocenters. The van der Waals surface area contributed by atoms with Gasteiger partial charge in [0.25, 0.3) is 0 Å². The van der Waals surface area contributed by atoms with E-state index in [1.165, 1.54) is 12.1 Å². The monoisotopic (exact) mass is 422 g/mol. The van der Waals surface area contributed by atoms with E-state index in [1.54, 1.807) is 6.07 Å². The van der Waals surface area contributed by atoms with Crippen molar-refractivity contribution in [1.29, 1.82) is 0 Å². The zero-order valence-corrected chi connectivity index (χ0v) is 18.0. The fraction of sp³-hybridized carbons (Fsp3) is 0.320. The van der Waals surface area contributed by atoms with Crippen molar-refractivity contribution in [3.63, 3.8) is 0 Å². The van der Waals surface area contributed by atoms with E-state index in [4.69, 9.17) is 9.47 Å². The first kappa shape index (κ1) is 21.0. The van der Waals surface area contributed by atoms with Crippen LogP contribution in [0, 0.1) is 0 Å². The molecule has 4 rings (SSSR count). The van der Waals surface area contributed by atoms with E-state index >= 15 is 0 Å². The van der Waals surface area contributed by atoms with Gasteiger partial charge in [0, 0.05) is 22.8 Å². The van der Waals surface area contributed by atoms with E-state index in [9.17, 15) is 20.1 Å². The molecule has 0 bridgehead atoms. The third-order valence-corrected chi connectivity index (χ3v) is 5.57. The molecule has 0 aliphatic carbocycles. The SMILES string of the molecule is CC(C)=CCc1c2c(cc3c1OC[C@@](O)(c1ccc(O)cc1O)C3=O)C=CC(C)(C)O2. The number of carbonyl (C=O) groups is 1. The number of rotatable bonds is 3. The first-order chi connectivity index (χ1) is 14.5. The Morgan fingerprint density at radius 1 is 1.16 bits per heavy atom. The Labute approximate surface area is 181 Å². The number of aromatic hydroxyl groups is 2. The second-order valence-electron chi connectivity index (χ2n) is 8.85. The maximum absolute atomic E-state index is 13.5. The Morgan fingerprint density at radius 2 is 1.90 bits per heavy atom. The second-order valence-corrected chi connectivity index (χ2v) is 8.85. The van der Waals surface area contributed by atoms with E-state index < -0.39 is 17.0 Å². The number of fused-ring (bicyclic) bond motifs is 2. The quantitative estimate of drug-likeness (QED) is 0.640. The fourth-order valence-corrected chi connectivity index (χ4v) is 3.92. The van der Waals surface area contributed by atoms with Crippen molar-refractivity contribution in [2.45, 2.75) is 45.3 Å². The lowest BCUT2D eigenvalue weighted by Crippen LogP contribution is -2.45. The van der Waals surface area contributed by atoms with Crippen LogP contribution in [0.5, 0.6) is 23.0 Å². The third kappa shape index (κ3) is 3.57. The van der Waals surface area contributed by atoms with Gasteiger partial charge in [-0.15, -0.1) is 0 Å². The maximum Gasteiger partial charge on any atom is 0.206 e. The van der Waals surface area contributed by atoms with E-state index in [0.717, 1.165) is 22.8 Å². The molecule has 2 aromatic carbocycles. The molecule has 2 aromatic rings. The molecule has 162 valence electrons. The largest absolute Gasteiger partial charge is 0.508 e. The summed E-state index contributed by atoms with van der Waals surface area (Å²) in [6, 6.07) is 5.38. The number of aliphatic hydroxyl groups is 1. The van der Waals surface area contributed by atoms with Gasteiger partial charge in [-0.3, -0.25) is 4.79 Å². The molecule has 6 heteroatoms. The molecule has 0 spiro atoms. The first-order valence-corrected chi connectivity index (χ1v) is 10.2. The highest BCUT2D eigenvalue weighted by atomic mass is 16.5. The van der Waals surface area contributed by atoms with Crippen LogP contribution >= 0.6 is 0 Å². The van der Waals surface area contributed by atoms with Gasteiger partial charge in [0.1, 0.15) is 35.2 Å². The molecule has 31 heavy (non-hydrogen) atoms. The highest BCUT2D eigenvalue weighted by Crippen LogP contribution is 2.47. The van der Waals surface area contributed by atoms with Gasteiger partial charge in [-0.25, -0.2) is 0 Å². The molecular weight excluding hydrogens is 396 g/mol. The minimum Gasteiger partial charge on any atom is -0.508 e. The van der Waals surface area contributed by atoms with Gasteiger partial charge < -0.3 is 24.8 Å². The van der Waals surface area contributed by atoms with Crippen LogP contribution < -0.4 is 9.47 Å². The van der Waals surface area contributed by atoms with Crippen molar-refractivity contribution >= 4 is 11.9 Å². The van der Waals surface area contributed by atoms with Gasteiger partial charge in [-0.05, 0) is 58.4 Å². The Morgan fingerprint density at radius 3 is 2.58 bits per heavy atom. The normalized spacial score (nSPS) is 20.9. The summed E-state index contributed by atoms with van der Waals surface area (Å²) in [7, 11) is 0. The van der Waals surface area contributed by atoms with Crippen molar-refractivity contribution in [3.8, 4) is 23.0 Å². The number of ketones is 1. The predicted octanol–water partition coefficient (Wildman–Crippen LogP) is 4.25. The number of ether oxygens (including phenoxy) is 2. The molecule has 2 aliphatic heterocycles. The molecule has 3 N–H and O–H groups in total. The summed E-state index contributed by atoms with van der Waals surface area (Å²) in [4.78, 5) is 13.5. The molecule has 6 nitrogen and oxygen atoms in total. The number of allylic oxidation sites excluding steroid dienone is 2. The summed E-state index contributed by atoms with van der Waals surface area (Å²) in [6.07, 6.45) is 6.36. The van der Waals surface area contributed by atoms with Crippen LogP contribution in [0.25, 0.3) is 6.08 Å². The number of phenols is 2. The fourth-order valence-electron chi connectivity index (χ4n) is 3.92. The maximum atomic E-state index is 13.5. The van der Waals surface area contributed by atoms with E-state index in [2.05, 4.69) is 0 Å². The predicted molar refractivity (Wildman–Crippen MR) is 117 cm³/mol. The van der Waals surface area contributed by atoms with Gasteiger partial charge in [-0.2, -0.15) is 0 Å². The summed E-state index contributed by atoms with van der Waals surface area (Å²) in [5.74, 6) is -0.0769. The molecule has 0 unspecified atom stereocenters. The molecule has 0 saturated carbocycles. The molecule has 2 heterocycles. The van der Waals surface area contributed by atoms with Crippen LogP contribution in [-0.4, -0.2) is 33.3 Å². The van der Waals surface area contributed by atoms with Crippen molar-refractivity contribution in [2.24, 2.45) is 0 Å². The smallest absolute Gasteiger partial charge is 0.206 e. The lowest BCUT2D eigenvalue weighted by molar-refractivity contribution is -0.00671. The molecule has 0 radical (unpaired) electrons. The van der Waals surface area contributed by atoms with Gasteiger partial charge in [-0.1, -0.05) is 17.7 Å². The van der Waals surface area contributed by atoms with Crippen molar-refractivity contribution < 1.29 is 29.6 Å². The van der Waals surface area contributed by atoms with E-state index in [0.29, 0.717) is 17.9 Å². The summed E-state index contributed by atoms with van der Waals surface area (Å²) in [6.45, 7) is 7.52. The Balaban J connectivity index is 1.89. The number of hydrogen-bond acceptors (Lipinski definition) is 6. The van der Waals surface area contributed by atoms with Crippen LogP contribution in [0.15, 0.2) is 42.0 Å². The minimum atomic E-state index is -2.08. The number of phenolic OH excluding ortho intramolecular Hbond substituents is 2. The van der Waals surface area contributed by atoms with Gasteiger partial charge in [0.15, 0.2) is 5.60 Å². The molecular formula is C25H26O6. The van der Waals surface area contributed by atoms with Crippen LogP contribution in [0.3, 0.4) is 0 Å².